The fraction of sp³-hybridized carbons (Fsp3) is 0.533. The van der Waals surface area contributed by atoms with Crippen LogP contribution in [-0.2, 0) is 16.1 Å². The van der Waals surface area contributed by atoms with Crippen LogP contribution >= 0.6 is 0 Å². The molecule has 1 aromatic carbocycles. The first kappa shape index (κ1) is 13.4. The van der Waals surface area contributed by atoms with Gasteiger partial charge in [0.1, 0.15) is 5.60 Å². The number of alkyl carbamates (subject to hydrolysis) is 1. The summed E-state index contributed by atoms with van der Waals surface area (Å²) in [6.07, 6.45) is -0.807. The SMILES string of the molecule is [2H]C([2H])(O)[C@@H](COCc1ccccc1)NC(=O)OC(C)(C)C. The first-order valence-corrected chi connectivity index (χ1v) is 6.41. The average Bonchev–Trinajstić information content (AvgIpc) is 2.35. The van der Waals surface area contributed by atoms with Crippen LogP contribution in [0.5, 0.6) is 0 Å². The largest absolute Gasteiger partial charge is 0.444 e. The summed E-state index contributed by atoms with van der Waals surface area (Å²) in [5, 5.41) is 11.8. The molecule has 5 nitrogen and oxygen atoms in total. The standard InChI is InChI=1S/C15H23NO4/c1-15(2,3)20-14(18)16-13(9-17)11-19-10-12-7-5-4-6-8-12/h4-8,13,17H,9-11H2,1-3H3,(H,16,18)/t13-/m0/s1/i9D2. The van der Waals surface area contributed by atoms with E-state index in [0.29, 0.717) is 0 Å². The minimum atomic E-state index is -2.62. The second kappa shape index (κ2) is 7.87. The fourth-order valence-electron chi connectivity index (χ4n) is 1.43. The Balaban J connectivity index is 2.53. The van der Waals surface area contributed by atoms with Gasteiger partial charge in [-0.2, -0.15) is 0 Å². The maximum Gasteiger partial charge on any atom is 0.408 e. The molecule has 0 saturated heterocycles. The third-order valence-corrected chi connectivity index (χ3v) is 2.24. The maximum absolute atomic E-state index is 11.7. The number of rotatable bonds is 6. The molecule has 0 radical (unpaired) electrons. The first-order valence-electron chi connectivity index (χ1n) is 7.41. The van der Waals surface area contributed by atoms with Crippen molar-refractivity contribution in [1.29, 1.82) is 0 Å². The summed E-state index contributed by atoms with van der Waals surface area (Å²) in [7, 11) is 0. The van der Waals surface area contributed by atoms with E-state index in [1.54, 1.807) is 20.8 Å². The van der Waals surface area contributed by atoms with Crippen LogP contribution in [0.15, 0.2) is 30.3 Å². The van der Waals surface area contributed by atoms with Crippen LogP contribution in [0.25, 0.3) is 0 Å². The molecule has 2 N–H and O–H groups in total. The Labute approximate surface area is 122 Å². The van der Waals surface area contributed by atoms with E-state index in [1.807, 2.05) is 30.3 Å². The van der Waals surface area contributed by atoms with Crippen molar-refractivity contribution in [2.24, 2.45) is 0 Å². The topological polar surface area (TPSA) is 67.8 Å². The number of carbonyl (C=O) groups excluding carboxylic acids is 1. The van der Waals surface area contributed by atoms with Gasteiger partial charge in [-0.3, -0.25) is 0 Å². The minimum Gasteiger partial charge on any atom is -0.444 e. The molecule has 0 aliphatic rings. The van der Waals surface area contributed by atoms with Gasteiger partial charge < -0.3 is 19.9 Å². The summed E-state index contributed by atoms with van der Waals surface area (Å²) in [5.41, 5.74) is 0.207. The monoisotopic (exact) mass is 283 g/mol. The molecule has 5 heteroatoms. The van der Waals surface area contributed by atoms with Crippen LogP contribution < -0.4 is 5.32 Å². The zero-order valence-corrected chi connectivity index (χ0v) is 12.1. The molecule has 0 heterocycles. The molecular weight excluding hydrogens is 258 g/mol. The van der Waals surface area contributed by atoms with Crippen LogP contribution in [0.2, 0.25) is 0 Å². The average molecular weight is 283 g/mol. The van der Waals surface area contributed by atoms with Crippen molar-refractivity contribution in [2.75, 3.05) is 13.2 Å². The Morgan fingerprint density at radius 1 is 1.40 bits per heavy atom. The van der Waals surface area contributed by atoms with E-state index in [1.165, 1.54) is 0 Å². The van der Waals surface area contributed by atoms with Gasteiger partial charge in [-0.05, 0) is 26.3 Å². The number of hydrogen-bond donors (Lipinski definition) is 2. The van der Waals surface area contributed by atoms with Crippen molar-refractivity contribution >= 4 is 6.09 Å². The van der Waals surface area contributed by atoms with Gasteiger partial charge in [0.15, 0.2) is 0 Å². The normalized spacial score (nSPS) is 15.0. The van der Waals surface area contributed by atoms with Crippen LogP contribution in [0.4, 0.5) is 4.79 Å². The molecule has 0 aliphatic heterocycles. The molecule has 1 aromatic rings. The fourth-order valence-corrected chi connectivity index (χ4v) is 1.43. The number of nitrogens with one attached hydrogen (secondary N) is 1. The van der Waals surface area contributed by atoms with E-state index in [0.717, 1.165) is 5.56 Å². The second-order valence-electron chi connectivity index (χ2n) is 5.33. The Morgan fingerprint density at radius 2 is 2.05 bits per heavy atom. The van der Waals surface area contributed by atoms with Gasteiger partial charge in [0.2, 0.25) is 0 Å². The van der Waals surface area contributed by atoms with Crippen LogP contribution in [-0.4, -0.2) is 36.0 Å². The minimum absolute atomic E-state index is 0.183. The zero-order valence-electron chi connectivity index (χ0n) is 14.1. The lowest BCUT2D eigenvalue weighted by atomic mass is 10.2. The number of aliphatic hydroxyl groups is 1. The molecule has 0 aliphatic carbocycles. The lowest BCUT2D eigenvalue weighted by Crippen LogP contribution is -2.43. The predicted octanol–water partition coefficient (Wildman–Crippen LogP) is 2.09. The molecule has 1 amide bonds. The quantitative estimate of drug-likeness (QED) is 0.839. The Hall–Kier alpha value is -1.59. The van der Waals surface area contributed by atoms with E-state index in [2.05, 4.69) is 5.32 Å². The highest BCUT2D eigenvalue weighted by Crippen LogP contribution is 2.07. The van der Waals surface area contributed by atoms with Gasteiger partial charge in [0, 0.05) is 0 Å². The lowest BCUT2D eigenvalue weighted by Gasteiger charge is -2.22. The van der Waals surface area contributed by atoms with Crippen molar-refractivity contribution in [3.05, 3.63) is 35.9 Å². The molecule has 20 heavy (non-hydrogen) atoms. The zero-order chi connectivity index (χ0) is 16.8. The lowest BCUT2D eigenvalue weighted by molar-refractivity contribution is 0.0367. The first-order chi connectivity index (χ1) is 10.1. The second-order valence-corrected chi connectivity index (χ2v) is 5.33. The molecule has 0 unspecified atom stereocenters. The molecule has 1 atom stereocenters. The van der Waals surface area contributed by atoms with Crippen LogP contribution in [0, 0.1) is 0 Å². The summed E-state index contributed by atoms with van der Waals surface area (Å²) in [6, 6.07) is 8.10. The number of amides is 1. The van der Waals surface area contributed by atoms with E-state index in [9.17, 15) is 9.90 Å². The van der Waals surface area contributed by atoms with Gasteiger partial charge >= 0.3 is 6.09 Å². The van der Waals surface area contributed by atoms with Crippen molar-refractivity contribution in [3.63, 3.8) is 0 Å². The molecule has 0 saturated carbocycles. The summed E-state index contributed by atoms with van der Waals surface area (Å²) >= 11 is 0. The highest BCUT2D eigenvalue weighted by Gasteiger charge is 2.19. The highest BCUT2D eigenvalue weighted by atomic mass is 16.6. The van der Waals surface area contributed by atoms with Gasteiger partial charge in [-0.1, -0.05) is 30.3 Å². The van der Waals surface area contributed by atoms with E-state index >= 15 is 0 Å². The van der Waals surface area contributed by atoms with Crippen LogP contribution in [0.1, 0.15) is 29.1 Å². The van der Waals surface area contributed by atoms with E-state index in [4.69, 9.17) is 12.2 Å². The van der Waals surface area contributed by atoms with E-state index < -0.39 is 24.3 Å². The highest BCUT2D eigenvalue weighted by molar-refractivity contribution is 5.68. The number of benzene rings is 1. The molecule has 1 rings (SSSR count). The molecule has 0 spiro atoms. The van der Waals surface area contributed by atoms with Crippen molar-refractivity contribution in [3.8, 4) is 0 Å². The third-order valence-electron chi connectivity index (χ3n) is 2.24. The van der Waals surface area contributed by atoms with Crippen molar-refractivity contribution in [1.82, 2.24) is 5.32 Å². The Bertz CT molecular complexity index is 469. The molecular formula is C15H23NO4. The summed E-state index contributed by atoms with van der Waals surface area (Å²) in [6.45, 7) is 2.54. The molecule has 0 fully saturated rings. The number of hydrogen-bond acceptors (Lipinski definition) is 4. The molecule has 0 bridgehead atoms. The third kappa shape index (κ3) is 7.11. The smallest absolute Gasteiger partial charge is 0.408 e. The Morgan fingerprint density at radius 3 is 2.60 bits per heavy atom. The molecule has 0 aromatic heterocycles. The van der Waals surface area contributed by atoms with E-state index in [-0.39, 0.29) is 13.2 Å². The van der Waals surface area contributed by atoms with Crippen molar-refractivity contribution in [2.45, 2.75) is 39.0 Å². The molecule has 112 valence electrons. The van der Waals surface area contributed by atoms with Gasteiger partial charge in [-0.15, -0.1) is 0 Å². The van der Waals surface area contributed by atoms with Gasteiger partial charge in [-0.25, -0.2) is 4.79 Å². The Kier molecular flexibility index (Phi) is 5.27. The maximum atomic E-state index is 11.7. The van der Waals surface area contributed by atoms with Crippen LogP contribution in [0.3, 0.4) is 0 Å². The van der Waals surface area contributed by atoms with Gasteiger partial charge in [0.25, 0.3) is 0 Å². The number of carbonyl (C=O) groups is 1. The predicted molar refractivity (Wildman–Crippen MR) is 76.3 cm³/mol. The van der Waals surface area contributed by atoms with Crippen molar-refractivity contribution < 1.29 is 22.1 Å². The number of ether oxygens (including phenoxy) is 2. The summed E-state index contributed by atoms with van der Waals surface area (Å²) in [4.78, 5) is 11.7. The van der Waals surface area contributed by atoms with Gasteiger partial charge in [0.05, 0.1) is 28.6 Å². The summed E-state index contributed by atoms with van der Waals surface area (Å²) < 4.78 is 25.2. The summed E-state index contributed by atoms with van der Waals surface area (Å²) in [5.74, 6) is 0.